The maximum Gasteiger partial charge on any atom is 0.330 e. The van der Waals surface area contributed by atoms with Crippen LogP contribution in [0.4, 0.5) is 0 Å². The predicted molar refractivity (Wildman–Crippen MR) is 80.5 cm³/mol. The van der Waals surface area contributed by atoms with E-state index in [-0.39, 0.29) is 12.4 Å². The van der Waals surface area contributed by atoms with Gasteiger partial charge in [0.05, 0.1) is 0 Å². The molecule has 0 aliphatic rings. The summed E-state index contributed by atoms with van der Waals surface area (Å²) < 4.78 is 4.98. The maximum absolute atomic E-state index is 11.1. The fraction of sp³-hybridized carbons (Fsp3) is 0.0625. The highest BCUT2D eigenvalue weighted by atomic mass is 16.5. The summed E-state index contributed by atoms with van der Waals surface area (Å²) in [5.41, 5.74) is 2.59. The lowest BCUT2D eigenvalue weighted by molar-refractivity contribution is -0.138. The summed E-state index contributed by atoms with van der Waals surface area (Å²) in [6.45, 7) is 3.42. The van der Waals surface area contributed by atoms with Crippen LogP contribution in [-0.2, 0) is 16.1 Å². The number of aromatic hydroxyl groups is 1. The van der Waals surface area contributed by atoms with Crippen LogP contribution in [0, 0.1) is 0 Å². The summed E-state index contributed by atoms with van der Waals surface area (Å²) in [6.07, 6.45) is 1.10. The van der Waals surface area contributed by atoms with Gasteiger partial charge in [-0.05, 0) is 29.8 Å². The van der Waals surface area contributed by atoms with Crippen LogP contribution in [-0.4, -0.2) is 26.1 Å². The monoisotopic (exact) mass is 295 g/mol. The number of carbonyl (C=O) groups is 1. The zero-order valence-electron chi connectivity index (χ0n) is 11.6. The molecule has 0 fully saturated rings. The van der Waals surface area contributed by atoms with Crippen molar-refractivity contribution in [2.24, 2.45) is 0 Å². The Morgan fingerprint density at radius 2 is 1.91 bits per heavy atom. The summed E-state index contributed by atoms with van der Waals surface area (Å²) in [5.74, 6) is -0.461. The third-order valence-electron chi connectivity index (χ3n) is 3.09. The number of esters is 1. The van der Waals surface area contributed by atoms with Gasteiger partial charge in [-0.3, -0.25) is 0 Å². The van der Waals surface area contributed by atoms with Gasteiger partial charge < -0.3 is 9.84 Å². The minimum absolute atomic E-state index is 0.0408. The van der Waals surface area contributed by atoms with Crippen molar-refractivity contribution in [3.05, 3.63) is 60.7 Å². The number of carbonyl (C=O) groups excluding carboxylic acids is 1. The molecule has 0 amide bonds. The van der Waals surface area contributed by atoms with Crippen LogP contribution >= 0.6 is 0 Å². The molecular formula is C16H13N3O3. The molecule has 3 aromatic rings. The predicted octanol–water partition coefficient (Wildman–Crippen LogP) is 2.36. The van der Waals surface area contributed by atoms with Gasteiger partial charge in [0.15, 0.2) is 0 Å². The third-order valence-corrected chi connectivity index (χ3v) is 3.09. The van der Waals surface area contributed by atoms with E-state index in [4.69, 9.17) is 4.74 Å². The summed E-state index contributed by atoms with van der Waals surface area (Å²) >= 11 is 0. The fourth-order valence-electron chi connectivity index (χ4n) is 2.00. The molecule has 0 bridgehead atoms. The lowest BCUT2D eigenvalue weighted by atomic mass is 10.2. The molecule has 110 valence electrons. The van der Waals surface area contributed by atoms with E-state index in [1.807, 2.05) is 24.3 Å². The first-order valence-corrected chi connectivity index (χ1v) is 6.61. The van der Waals surface area contributed by atoms with Gasteiger partial charge in [0.2, 0.25) is 0 Å². The Kier molecular flexibility index (Phi) is 3.57. The van der Waals surface area contributed by atoms with E-state index in [9.17, 15) is 9.90 Å². The molecule has 22 heavy (non-hydrogen) atoms. The molecule has 0 radical (unpaired) electrons. The van der Waals surface area contributed by atoms with Crippen molar-refractivity contribution < 1.29 is 14.6 Å². The van der Waals surface area contributed by atoms with Crippen LogP contribution in [0.15, 0.2) is 55.1 Å². The Bertz CT molecular complexity index is 822. The zero-order chi connectivity index (χ0) is 15.5. The number of ether oxygens (including phenoxy) is 1. The van der Waals surface area contributed by atoms with Gasteiger partial charge >= 0.3 is 5.97 Å². The molecule has 0 aliphatic carbocycles. The van der Waals surface area contributed by atoms with Gasteiger partial charge in [-0.25, -0.2) is 4.79 Å². The molecule has 1 heterocycles. The Balaban J connectivity index is 1.95. The average Bonchev–Trinajstić information content (AvgIpc) is 2.97. The number of nitrogens with zero attached hydrogens (tertiary/aromatic N) is 3. The molecule has 0 spiro atoms. The van der Waals surface area contributed by atoms with Gasteiger partial charge in [0.25, 0.3) is 0 Å². The molecule has 6 nitrogen and oxygen atoms in total. The number of hydrogen-bond acceptors (Lipinski definition) is 5. The molecule has 0 saturated heterocycles. The Morgan fingerprint density at radius 1 is 1.23 bits per heavy atom. The highest BCUT2D eigenvalue weighted by Gasteiger charge is 2.10. The average molecular weight is 295 g/mol. The molecule has 0 unspecified atom stereocenters. The first-order chi connectivity index (χ1) is 10.7. The second-order valence-electron chi connectivity index (χ2n) is 4.61. The summed E-state index contributed by atoms with van der Waals surface area (Å²) in [7, 11) is 0. The number of benzene rings is 2. The van der Waals surface area contributed by atoms with Crippen molar-refractivity contribution in [1.82, 2.24) is 15.0 Å². The Morgan fingerprint density at radius 3 is 2.55 bits per heavy atom. The number of hydrogen-bond donors (Lipinski definition) is 1. The second-order valence-corrected chi connectivity index (χ2v) is 4.61. The van der Waals surface area contributed by atoms with Crippen LogP contribution < -0.4 is 0 Å². The van der Waals surface area contributed by atoms with Crippen LogP contribution in [0.3, 0.4) is 0 Å². The van der Waals surface area contributed by atoms with Crippen molar-refractivity contribution >= 4 is 17.0 Å². The van der Waals surface area contributed by atoms with Crippen molar-refractivity contribution in [3.8, 4) is 11.4 Å². The van der Waals surface area contributed by atoms with Gasteiger partial charge in [0, 0.05) is 6.08 Å². The standard InChI is InChI=1S/C16H13N3O3/c1-2-16(21)22-10-11-7-8-15(20)14(9-11)19-17-12-5-3-4-6-13(12)18-19/h2-9,20H,1,10H2. The van der Waals surface area contributed by atoms with Crippen molar-refractivity contribution in [3.63, 3.8) is 0 Å². The van der Waals surface area contributed by atoms with Gasteiger partial charge in [0.1, 0.15) is 29.1 Å². The third kappa shape index (κ3) is 2.67. The molecule has 3 rings (SSSR count). The first kappa shape index (κ1) is 13.8. The highest BCUT2D eigenvalue weighted by Crippen LogP contribution is 2.23. The summed E-state index contributed by atoms with van der Waals surface area (Å²) in [4.78, 5) is 12.5. The van der Waals surface area contributed by atoms with E-state index < -0.39 is 5.97 Å². The van der Waals surface area contributed by atoms with Gasteiger partial charge in [-0.15, -0.1) is 15.0 Å². The van der Waals surface area contributed by atoms with E-state index in [0.29, 0.717) is 11.3 Å². The van der Waals surface area contributed by atoms with Crippen molar-refractivity contribution in [1.29, 1.82) is 0 Å². The topological polar surface area (TPSA) is 77.2 Å². The zero-order valence-corrected chi connectivity index (χ0v) is 11.6. The second kappa shape index (κ2) is 5.69. The number of fused-ring (bicyclic) bond motifs is 1. The highest BCUT2D eigenvalue weighted by molar-refractivity contribution is 5.81. The smallest absolute Gasteiger partial charge is 0.330 e. The van der Waals surface area contributed by atoms with Gasteiger partial charge in [-0.1, -0.05) is 24.8 Å². The van der Waals surface area contributed by atoms with E-state index in [0.717, 1.165) is 17.1 Å². The summed E-state index contributed by atoms with van der Waals surface area (Å²) in [6, 6.07) is 12.3. The SMILES string of the molecule is C=CC(=O)OCc1ccc(O)c(-n2nc3ccccc3n2)c1. The molecule has 6 heteroatoms. The van der Waals surface area contributed by atoms with Crippen molar-refractivity contribution in [2.45, 2.75) is 6.61 Å². The number of aromatic nitrogens is 3. The molecule has 2 aromatic carbocycles. The van der Waals surface area contributed by atoms with Crippen LogP contribution in [0.5, 0.6) is 5.75 Å². The Labute approximate surface area is 126 Å². The quantitative estimate of drug-likeness (QED) is 0.590. The van der Waals surface area contributed by atoms with E-state index >= 15 is 0 Å². The molecule has 0 saturated carbocycles. The van der Waals surface area contributed by atoms with E-state index in [1.165, 1.54) is 10.9 Å². The number of phenolic OH excluding ortho intramolecular Hbond substituents is 1. The first-order valence-electron chi connectivity index (χ1n) is 6.61. The lowest BCUT2D eigenvalue weighted by Crippen LogP contribution is -2.03. The number of rotatable bonds is 4. The molecule has 1 N–H and O–H groups in total. The Hall–Kier alpha value is -3.15. The normalized spacial score (nSPS) is 10.5. The lowest BCUT2D eigenvalue weighted by Gasteiger charge is -2.07. The minimum Gasteiger partial charge on any atom is -0.506 e. The molecule has 0 atom stereocenters. The van der Waals surface area contributed by atoms with Crippen molar-refractivity contribution in [2.75, 3.05) is 0 Å². The summed E-state index contributed by atoms with van der Waals surface area (Å²) in [5, 5.41) is 18.6. The largest absolute Gasteiger partial charge is 0.506 e. The molecule has 1 aromatic heterocycles. The van der Waals surface area contributed by atoms with E-state index in [2.05, 4.69) is 16.8 Å². The molecular weight excluding hydrogens is 282 g/mol. The number of phenols is 1. The van der Waals surface area contributed by atoms with E-state index in [1.54, 1.807) is 12.1 Å². The molecule has 0 aliphatic heterocycles. The minimum atomic E-state index is -0.502. The van der Waals surface area contributed by atoms with Crippen LogP contribution in [0.2, 0.25) is 0 Å². The maximum atomic E-state index is 11.1. The van der Waals surface area contributed by atoms with Crippen LogP contribution in [0.25, 0.3) is 16.7 Å². The fourth-order valence-corrected chi connectivity index (χ4v) is 2.00. The van der Waals surface area contributed by atoms with Gasteiger partial charge in [-0.2, -0.15) is 0 Å². The van der Waals surface area contributed by atoms with Crippen LogP contribution in [0.1, 0.15) is 5.56 Å².